The number of carbonyl (C=O) groups excluding carboxylic acids is 2. The fourth-order valence-corrected chi connectivity index (χ4v) is 4.15. The molecule has 1 unspecified atom stereocenters. The zero-order valence-corrected chi connectivity index (χ0v) is 20.6. The number of rotatable bonds is 11. The fourth-order valence-electron chi connectivity index (χ4n) is 4.15. The molecule has 7 nitrogen and oxygen atoms in total. The van der Waals surface area contributed by atoms with Gasteiger partial charge in [0.2, 0.25) is 0 Å². The molecule has 1 aromatic heterocycles. The fraction of sp³-hybridized carbons (Fsp3) is 0.310. The second kappa shape index (κ2) is 11.6. The van der Waals surface area contributed by atoms with Gasteiger partial charge in [-0.25, -0.2) is 0 Å². The Morgan fingerprint density at radius 2 is 1.72 bits per heavy atom. The molecule has 1 N–H and O–H groups in total. The molecule has 0 aliphatic carbocycles. The number of furan rings is 1. The average Bonchev–Trinajstić information content (AvgIpc) is 3.50. The number of ketones is 1. The molecule has 0 radical (unpaired) electrons. The first-order chi connectivity index (χ1) is 17.5. The molecule has 7 heteroatoms. The third-order valence-corrected chi connectivity index (χ3v) is 5.99. The highest BCUT2D eigenvalue weighted by Gasteiger charge is 2.46. The molecule has 1 aliphatic heterocycles. The van der Waals surface area contributed by atoms with Crippen molar-refractivity contribution in [3.63, 3.8) is 0 Å². The maximum atomic E-state index is 13.2. The summed E-state index contributed by atoms with van der Waals surface area (Å²) in [5.41, 5.74) is 1.12. The van der Waals surface area contributed by atoms with E-state index in [0.29, 0.717) is 41.6 Å². The lowest BCUT2D eigenvalue weighted by atomic mass is 9.95. The molecule has 4 rings (SSSR count). The molecule has 0 bridgehead atoms. The van der Waals surface area contributed by atoms with Gasteiger partial charge < -0.3 is 23.9 Å². The van der Waals surface area contributed by atoms with Crippen LogP contribution in [0.3, 0.4) is 0 Å². The van der Waals surface area contributed by atoms with E-state index in [1.165, 1.54) is 11.2 Å². The molecule has 1 amide bonds. The number of ether oxygens (including phenoxy) is 2. The molecule has 1 aliphatic rings. The Bertz CT molecular complexity index is 1210. The molecule has 188 valence electrons. The van der Waals surface area contributed by atoms with Gasteiger partial charge in [0.1, 0.15) is 23.0 Å². The van der Waals surface area contributed by atoms with Gasteiger partial charge in [-0.2, -0.15) is 0 Å². The number of likely N-dealkylation sites (tertiary alicyclic amines) is 1. The third kappa shape index (κ3) is 5.46. The minimum atomic E-state index is -0.792. The second-order valence-electron chi connectivity index (χ2n) is 8.65. The quantitative estimate of drug-likeness (QED) is 0.157. The predicted octanol–water partition coefficient (Wildman–Crippen LogP) is 5.87. The summed E-state index contributed by atoms with van der Waals surface area (Å²) in [6.45, 7) is 5.34. The smallest absolute Gasteiger partial charge is 0.296 e. The van der Waals surface area contributed by atoms with Crippen LogP contribution in [-0.4, -0.2) is 34.9 Å². The van der Waals surface area contributed by atoms with E-state index >= 15 is 0 Å². The van der Waals surface area contributed by atoms with E-state index in [4.69, 9.17) is 13.9 Å². The number of aliphatic hydroxyl groups is 1. The van der Waals surface area contributed by atoms with Gasteiger partial charge >= 0.3 is 0 Å². The first-order valence-electron chi connectivity index (χ1n) is 12.3. The lowest BCUT2D eigenvalue weighted by Gasteiger charge is -2.24. The topological polar surface area (TPSA) is 89.2 Å². The summed E-state index contributed by atoms with van der Waals surface area (Å²) < 4.78 is 16.9. The van der Waals surface area contributed by atoms with Crippen molar-refractivity contribution in [3.8, 4) is 11.5 Å². The molecule has 2 aromatic carbocycles. The molecular weight excluding hydrogens is 458 g/mol. The van der Waals surface area contributed by atoms with Crippen LogP contribution in [-0.2, 0) is 16.1 Å². The Morgan fingerprint density at radius 1 is 0.944 bits per heavy atom. The predicted molar refractivity (Wildman–Crippen MR) is 136 cm³/mol. The van der Waals surface area contributed by atoms with Gasteiger partial charge in [-0.05, 0) is 54.8 Å². The van der Waals surface area contributed by atoms with E-state index in [2.05, 4.69) is 6.92 Å². The van der Waals surface area contributed by atoms with Crippen LogP contribution in [0.15, 0.2) is 76.9 Å². The maximum absolute atomic E-state index is 13.2. The number of hydrogen-bond donors (Lipinski definition) is 1. The van der Waals surface area contributed by atoms with Gasteiger partial charge in [-0.1, -0.05) is 44.5 Å². The largest absolute Gasteiger partial charge is 0.507 e. The van der Waals surface area contributed by atoms with Crippen LogP contribution in [0, 0.1) is 0 Å². The number of unbranched alkanes of at least 4 members (excludes halogenated alkanes) is 1. The van der Waals surface area contributed by atoms with Gasteiger partial charge in [-0.15, -0.1) is 0 Å². The van der Waals surface area contributed by atoms with Crippen molar-refractivity contribution < 1.29 is 28.6 Å². The summed E-state index contributed by atoms with van der Waals surface area (Å²) in [6, 6.07) is 16.9. The van der Waals surface area contributed by atoms with Crippen LogP contribution in [0.25, 0.3) is 5.76 Å². The van der Waals surface area contributed by atoms with Crippen LogP contribution in [0.2, 0.25) is 0 Å². The summed E-state index contributed by atoms with van der Waals surface area (Å²) in [5, 5.41) is 11.3. The number of aliphatic hydroxyl groups excluding tert-OH is 1. The Labute approximate surface area is 210 Å². The number of carbonyl (C=O) groups is 2. The van der Waals surface area contributed by atoms with E-state index in [1.54, 1.807) is 36.4 Å². The number of nitrogens with zero attached hydrogens (tertiary/aromatic N) is 1. The highest BCUT2D eigenvalue weighted by atomic mass is 16.5. The third-order valence-electron chi connectivity index (χ3n) is 5.99. The van der Waals surface area contributed by atoms with Crippen molar-refractivity contribution in [1.82, 2.24) is 4.90 Å². The average molecular weight is 490 g/mol. The summed E-state index contributed by atoms with van der Waals surface area (Å²) in [6.07, 6.45) is 4.34. The van der Waals surface area contributed by atoms with E-state index in [1.807, 2.05) is 31.2 Å². The van der Waals surface area contributed by atoms with Crippen LogP contribution in [0.5, 0.6) is 11.5 Å². The van der Waals surface area contributed by atoms with Crippen LogP contribution >= 0.6 is 0 Å². The molecule has 2 heterocycles. The van der Waals surface area contributed by atoms with Crippen molar-refractivity contribution in [2.24, 2.45) is 0 Å². The zero-order valence-electron chi connectivity index (χ0n) is 20.6. The molecule has 3 aromatic rings. The van der Waals surface area contributed by atoms with Crippen molar-refractivity contribution in [2.45, 2.75) is 45.7 Å². The number of amides is 1. The molecule has 1 fully saturated rings. The Kier molecular flexibility index (Phi) is 8.10. The minimum absolute atomic E-state index is 0.0267. The Hall–Kier alpha value is -4.00. The molecule has 0 saturated carbocycles. The zero-order chi connectivity index (χ0) is 25.5. The first-order valence-corrected chi connectivity index (χ1v) is 12.3. The SMILES string of the molecule is CCCCOc1ccc(C2/C(=C(\O)c3cccc(OCCC)c3)C(=O)C(=O)N2Cc2ccco2)cc1. The lowest BCUT2D eigenvalue weighted by Crippen LogP contribution is -2.29. The van der Waals surface area contributed by atoms with Gasteiger partial charge in [0.05, 0.1) is 37.6 Å². The van der Waals surface area contributed by atoms with E-state index in [9.17, 15) is 14.7 Å². The lowest BCUT2D eigenvalue weighted by molar-refractivity contribution is -0.140. The van der Waals surface area contributed by atoms with Crippen LogP contribution in [0.4, 0.5) is 0 Å². The van der Waals surface area contributed by atoms with Gasteiger partial charge in [0.25, 0.3) is 11.7 Å². The van der Waals surface area contributed by atoms with Crippen LogP contribution < -0.4 is 9.47 Å². The Morgan fingerprint density at radius 3 is 2.42 bits per heavy atom. The number of benzene rings is 2. The summed E-state index contributed by atoms with van der Waals surface area (Å²) in [5.74, 6) is 0.139. The molecule has 1 atom stereocenters. The highest BCUT2D eigenvalue weighted by molar-refractivity contribution is 6.46. The summed E-state index contributed by atoms with van der Waals surface area (Å²) in [4.78, 5) is 27.8. The normalized spacial score (nSPS) is 16.9. The van der Waals surface area contributed by atoms with Crippen molar-refractivity contribution in [1.29, 1.82) is 0 Å². The first kappa shape index (κ1) is 25.1. The standard InChI is InChI=1S/C29H31NO6/c1-3-5-16-35-22-13-11-20(12-14-22)26-25(27(31)21-8-6-9-23(18-21)34-15-4-2)28(32)29(33)30(26)19-24-10-7-17-36-24/h6-14,17-18,26,31H,3-5,15-16,19H2,1-2H3/b27-25+. The minimum Gasteiger partial charge on any atom is -0.507 e. The molecule has 36 heavy (non-hydrogen) atoms. The summed E-state index contributed by atoms with van der Waals surface area (Å²) >= 11 is 0. The van der Waals surface area contributed by atoms with Crippen molar-refractivity contribution in [2.75, 3.05) is 13.2 Å². The number of Topliss-reactive ketones (excluding diaryl/α,β-unsaturated/α-hetero) is 1. The second-order valence-corrected chi connectivity index (χ2v) is 8.65. The summed E-state index contributed by atoms with van der Waals surface area (Å²) in [7, 11) is 0. The highest BCUT2D eigenvalue weighted by Crippen LogP contribution is 2.41. The van der Waals surface area contributed by atoms with Gasteiger partial charge in [0.15, 0.2) is 0 Å². The van der Waals surface area contributed by atoms with Crippen molar-refractivity contribution in [3.05, 3.63) is 89.4 Å². The number of hydrogen-bond acceptors (Lipinski definition) is 6. The Balaban J connectivity index is 1.74. The molecule has 1 saturated heterocycles. The van der Waals surface area contributed by atoms with Crippen LogP contribution in [0.1, 0.15) is 56.0 Å². The molecular formula is C29H31NO6. The monoisotopic (exact) mass is 489 g/mol. The molecule has 0 spiro atoms. The van der Waals surface area contributed by atoms with Gasteiger partial charge in [-0.3, -0.25) is 9.59 Å². The van der Waals surface area contributed by atoms with E-state index < -0.39 is 17.7 Å². The van der Waals surface area contributed by atoms with E-state index in [-0.39, 0.29) is 17.9 Å². The van der Waals surface area contributed by atoms with Gasteiger partial charge in [0, 0.05) is 5.56 Å². The van der Waals surface area contributed by atoms with E-state index in [0.717, 1.165) is 19.3 Å². The maximum Gasteiger partial charge on any atom is 0.296 e. The van der Waals surface area contributed by atoms with Crippen molar-refractivity contribution >= 4 is 17.4 Å².